The van der Waals surface area contributed by atoms with Crippen molar-refractivity contribution in [2.75, 3.05) is 12.4 Å². The molecule has 0 spiro atoms. The number of aliphatic hydroxyl groups is 4. The summed E-state index contributed by atoms with van der Waals surface area (Å²) in [6.45, 7) is -0.0565. The van der Waals surface area contributed by atoms with Crippen LogP contribution in [0.25, 0.3) is 0 Å². The first-order valence-corrected chi connectivity index (χ1v) is 7.66. The molecule has 2 aliphatic rings. The maximum absolute atomic E-state index is 9.90. The van der Waals surface area contributed by atoms with E-state index >= 15 is 0 Å². The number of thioether (sulfide) groups is 1. The number of hydrogen-bond donors (Lipinski definition) is 6. The third-order valence-electron chi connectivity index (χ3n) is 3.56. The summed E-state index contributed by atoms with van der Waals surface area (Å²) in [5, 5.41) is 43.9. The maximum Gasteiger partial charge on any atom is 0.108 e. The highest BCUT2D eigenvalue weighted by molar-refractivity contribution is 8.00. The van der Waals surface area contributed by atoms with Crippen LogP contribution in [0.1, 0.15) is 19.3 Å². The molecule has 1 aliphatic heterocycles. The highest BCUT2D eigenvalue weighted by Crippen LogP contribution is 2.31. The lowest BCUT2D eigenvalue weighted by Crippen LogP contribution is -2.47. The van der Waals surface area contributed by atoms with E-state index in [-0.39, 0.29) is 29.8 Å². The van der Waals surface area contributed by atoms with E-state index in [9.17, 15) is 15.3 Å². The maximum atomic E-state index is 9.90. The molecule has 1 saturated heterocycles. The summed E-state index contributed by atoms with van der Waals surface area (Å²) in [5.41, 5.74) is -0.0776. The molecule has 1 heterocycles. The zero-order valence-corrected chi connectivity index (χ0v) is 11.5. The molecule has 0 amide bonds. The Morgan fingerprint density at radius 2 is 2.26 bits per heavy atom. The van der Waals surface area contributed by atoms with Crippen molar-refractivity contribution in [3.8, 4) is 0 Å². The van der Waals surface area contributed by atoms with E-state index in [1.165, 1.54) is 6.08 Å². The molecule has 0 aromatic rings. The lowest BCUT2D eigenvalue weighted by molar-refractivity contribution is 0.0949. The summed E-state index contributed by atoms with van der Waals surface area (Å²) in [7, 11) is 0. The third-order valence-corrected chi connectivity index (χ3v) is 4.71. The Labute approximate surface area is 116 Å². The zero-order chi connectivity index (χ0) is 13.8. The van der Waals surface area contributed by atoms with E-state index < -0.39 is 12.3 Å². The van der Waals surface area contributed by atoms with E-state index in [0.717, 1.165) is 12.2 Å². The summed E-state index contributed by atoms with van der Waals surface area (Å²) in [4.78, 5) is 0. The van der Waals surface area contributed by atoms with Crippen LogP contribution in [0.4, 0.5) is 0 Å². The van der Waals surface area contributed by atoms with Crippen LogP contribution >= 0.6 is 11.8 Å². The predicted molar refractivity (Wildman–Crippen MR) is 73.5 cm³/mol. The fourth-order valence-corrected chi connectivity index (χ4v) is 3.76. The molecule has 0 saturated carbocycles. The lowest BCUT2D eigenvalue weighted by atomic mass is 9.87. The summed E-state index contributed by atoms with van der Waals surface area (Å²) < 4.78 is 0. The standard InChI is InChI=1S/C12H22N2O4S/c15-4-3-11(18)14-12-13-9(6-19-12)8-2-1-7(16)5-10(8)17/h5,7-9,11-18H,1-4,6H2. The van der Waals surface area contributed by atoms with Crippen LogP contribution in [-0.2, 0) is 0 Å². The SMILES string of the molecule is OCCC(O)NC1NC(C2CCC(O)C=C2O)CS1. The zero-order valence-electron chi connectivity index (χ0n) is 10.7. The fraction of sp³-hybridized carbons (Fsp3) is 0.833. The van der Waals surface area contributed by atoms with E-state index in [4.69, 9.17) is 5.11 Å². The second kappa shape index (κ2) is 6.92. The van der Waals surface area contributed by atoms with Gasteiger partial charge in [0.15, 0.2) is 0 Å². The van der Waals surface area contributed by atoms with Gasteiger partial charge in [-0.05, 0) is 18.9 Å². The van der Waals surface area contributed by atoms with Gasteiger partial charge in [-0.15, -0.1) is 11.8 Å². The van der Waals surface area contributed by atoms with Crippen LogP contribution < -0.4 is 10.6 Å². The van der Waals surface area contributed by atoms with Gasteiger partial charge in [0.2, 0.25) is 0 Å². The minimum absolute atomic E-state index is 0.0256. The van der Waals surface area contributed by atoms with Gasteiger partial charge in [0.1, 0.15) is 11.7 Å². The van der Waals surface area contributed by atoms with Crippen molar-refractivity contribution >= 4 is 11.8 Å². The Morgan fingerprint density at radius 3 is 2.95 bits per heavy atom. The average Bonchev–Trinajstić information content (AvgIpc) is 2.77. The van der Waals surface area contributed by atoms with Gasteiger partial charge >= 0.3 is 0 Å². The predicted octanol–water partition coefficient (Wildman–Crippen LogP) is -0.522. The Kier molecular flexibility index (Phi) is 5.49. The highest BCUT2D eigenvalue weighted by Gasteiger charge is 2.35. The number of nitrogens with one attached hydrogen (secondary N) is 2. The second-order valence-corrected chi connectivity index (χ2v) is 6.16. The lowest BCUT2D eigenvalue weighted by Gasteiger charge is -2.28. The molecule has 110 valence electrons. The van der Waals surface area contributed by atoms with Gasteiger partial charge in [-0.2, -0.15) is 0 Å². The minimum atomic E-state index is -0.730. The number of aliphatic hydroxyl groups excluding tert-OH is 4. The third kappa shape index (κ3) is 4.08. The topological polar surface area (TPSA) is 105 Å². The van der Waals surface area contributed by atoms with Crippen molar-refractivity contribution < 1.29 is 20.4 Å². The molecule has 0 radical (unpaired) electrons. The van der Waals surface area contributed by atoms with Gasteiger partial charge in [-0.25, -0.2) is 0 Å². The van der Waals surface area contributed by atoms with Crippen LogP contribution in [0.15, 0.2) is 11.8 Å². The molecule has 1 fully saturated rings. The molecule has 0 bridgehead atoms. The Bertz CT molecular complexity index is 329. The number of rotatable bonds is 5. The first-order chi connectivity index (χ1) is 9.10. The molecule has 6 nitrogen and oxygen atoms in total. The van der Waals surface area contributed by atoms with Crippen LogP contribution in [0.3, 0.4) is 0 Å². The minimum Gasteiger partial charge on any atom is -0.512 e. The normalized spacial score (nSPS) is 37.1. The fourth-order valence-electron chi connectivity index (χ4n) is 2.51. The van der Waals surface area contributed by atoms with Crippen molar-refractivity contribution in [1.82, 2.24) is 10.6 Å². The Balaban J connectivity index is 1.83. The first-order valence-electron chi connectivity index (χ1n) is 6.61. The van der Waals surface area contributed by atoms with Crippen molar-refractivity contribution in [2.24, 2.45) is 5.92 Å². The summed E-state index contributed by atoms with van der Waals surface area (Å²) in [6, 6.07) is 0.132. The van der Waals surface area contributed by atoms with E-state index in [1.807, 2.05) is 0 Å². The van der Waals surface area contributed by atoms with Gasteiger partial charge in [-0.3, -0.25) is 10.6 Å². The number of hydrogen-bond acceptors (Lipinski definition) is 7. The Morgan fingerprint density at radius 1 is 1.47 bits per heavy atom. The van der Waals surface area contributed by atoms with Crippen molar-refractivity contribution in [2.45, 2.75) is 43.1 Å². The van der Waals surface area contributed by atoms with E-state index in [0.29, 0.717) is 12.8 Å². The molecule has 6 N–H and O–H groups in total. The van der Waals surface area contributed by atoms with Gasteiger partial charge in [0.05, 0.1) is 11.9 Å². The van der Waals surface area contributed by atoms with Gasteiger partial charge in [0, 0.05) is 30.7 Å². The highest BCUT2D eigenvalue weighted by atomic mass is 32.2. The largest absolute Gasteiger partial charge is 0.512 e. The van der Waals surface area contributed by atoms with Crippen LogP contribution in [0.5, 0.6) is 0 Å². The van der Waals surface area contributed by atoms with E-state index in [2.05, 4.69) is 10.6 Å². The molecule has 5 unspecified atom stereocenters. The smallest absolute Gasteiger partial charge is 0.108 e. The summed E-state index contributed by atoms with van der Waals surface area (Å²) in [5.74, 6) is 1.12. The molecule has 2 rings (SSSR count). The van der Waals surface area contributed by atoms with Crippen molar-refractivity contribution in [3.63, 3.8) is 0 Å². The first kappa shape index (κ1) is 15.1. The van der Waals surface area contributed by atoms with Crippen LogP contribution in [0.2, 0.25) is 0 Å². The van der Waals surface area contributed by atoms with Gasteiger partial charge in [0.25, 0.3) is 0 Å². The molecule has 7 heteroatoms. The quantitative estimate of drug-likeness (QED) is 0.378. The molecule has 0 aromatic carbocycles. The molecule has 5 atom stereocenters. The molecule has 1 aliphatic carbocycles. The van der Waals surface area contributed by atoms with Gasteiger partial charge in [-0.1, -0.05) is 0 Å². The van der Waals surface area contributed by atoms with Crippen molar-refractivity contribution in [1.29, 1.82) is 0 Å². The summed E-state index contributed by atoms with van der Waals surface area (Å²) >= 11 is 1.64. The monoisotopic (exact) mass is 290 g/mol. The summed E-state index contributed by atoms with van der Waals surface area (Å²) in [6.07, 6.45) is 1.97. The molecule has 19 heavy (non-hydrogen) atoms. The van der Waals surface area contributed by atoms with Crippen molar-refractivity contribution in [3.05, 3.63) is 11.8 Å². The van der Waals surface area contributed by atoms with Crippen LogP contribution in [-0.4, -0.2) is 56.7 Å². The molecular weight excluding hydrogens is 268 g/mol. The molecular formula is C12H22N2O4S. The molecule has 0 aromatic heterocycles. The average molecular weight is 290 g/mol. The van der Waals surface area contributed by atoms with Crippen LogP contribution in [0, 0.1) is 5.92 Å². The second-order valence-electron chi connectivity index (χ2n) is 5.02. The van der Waals surface area contributed by atoms with Gasteiger partial charge < -0.3 is 20.4 Å². The van der Waals surface area contributed by atoms with E-state index in [1.54, 1.807) is 11.8 Å². The Hall–Kier alpha value is -0.310.